The highest BCUT2D eigenvalue weighted by atomic mass is 32.1. The Hall–Kier alpha value is -3.69. The van der Waals surface area contributed by atoms with Crippen molar-refractivity contribution in [2.75, 3.05) is 32.5 Å². The van der Waals surface area contributed by atoms with Crippen LogP contribution < -0.4 is 10.6 Å². The molecule has 0 radical (unpaired) electrons. The van der Waals surface area contributed by atoms with E-state index in [-0.39, 0.29) is 11.8 Å². The second-order valence-corrected chi connectivity index (χ2v) is 12.3. The van der Waals surface area contributed by atoms with Crippen molar-refractivity contribution in [2.45, 2.75) is 52.7 Å². The van der Waals surface area contributed by atoms with E-state index < -0.39 is 11.7 Å². The summed E-state index contributed by atoms with van der Waals surface area (Å²) >= 11 is 1.53. The molecule has 0 fully saturated rings. The Bertz CT molecular complexity index is 1270. The molecule has 0 spiro atoms. The first-order chi connectivity index (χ1) is 19.4. The molecule has 1 aliphatic carbocycles. The molecule has 3 amide bonds. The number of anilines is 1. The molecule has 8 nitrogen and oxygen atoms in total. The highest BCUT2D eigenvalue weighted by molar-refractivity contribution is 7.08. The van der Waals surface area contributed by atoms with Crippen LogP contribution in [0.2, 0.25) is 0 Å². The van der Waals surface area contributed by atoms with Crippen LogP contribution in [0.1, 0.15) is 56.5 Å². The molecular weight excluding hydrogens is 536 g/mol. The summed E-state index contributed by atoms with van der Waals surface area (Å²) < 4.78 is 5.40. The minimum absolute atomic E-state index is 0.105. The van der Waals surface area contributed by atoms with Crippen LogP contribution in [0.15, 0.2) is 76.7 Å². The Kier molecular flexibility index (Phi) is 11.5. The molecule has 0 bridgehead atoms. The third-order valence-electron chi connectivity index (χ3n) is 6.26. The first-order valence-electron chi connectivity index (χ1n) is 13.8. The summed E-state index contributed by atoms with van der Waals surface area (Å²) in [6.45, 7) is 9.30. The Morgan fingerprint density at radius 1 is 1.07 bits per heavy atom. The van der Waals surface area contributed by atoms with E-state index in [2.05, 4.69) is 23.6 Å². The monoisotopic (exact) mass is 578 g/mol. The number of rotatable bonds is 11. The predicted molar refractivity (Wildman–Crippen MR) is 166 cm³/mol. The SMILES string of the molecule is CC1C=C(NC(=O)OC(C)(C)C)C(C/C=C/C(=O)c2ccc(CN(CCN(C)C)C(=O)Nc3ccsc3)cc2)=CC1. The van der Waals surface area contributed by atoms with Gasteiger partial charge < -0.3 is 19.9 Å². The number of urea groups is 1. The van der Waals surface area contributed by atoms with Crippen LogP contribution in [-0.2, 0) is 11.3 Å². The Labute approximate surface area is 247 Å². The summed E-state index contributed by atoms with van der Waals surface area (Å²) in [7, 11) is 3.95. The fourth-order valence-corrected chi connectivity index (χ4v) is 4.71. The van der Waals surface area contributed by atoms with Gasteiger partial charge in [0.05, 0.1) is 5.69 Å². The lowest BCUT2D eigenvalue weighted by molar-refractivity contribution is 0.0546. The third kappa shape index (κ3) is 11.0. The summed E-state index contributed by atoms with van der Waals surface area (Å²) in [6, 6.07) is 9.07. The molecule has 0 saturated carbocycles. The molecule has 41 heavy (non-hydrogen) atoms. The molecule has 1 atom stereocenters. The fourth-order valence-electron chi connectivity index (χ4n) is 4.12. The number of carbonyl (C=O) groups excluding carboxylic acids is 3. The second-order valence-electron chi connectivity index (χ2n) is 11.5. The van der Waals surface area contributed by atoms with Gasteiger partial charge in [-0.3, -0.25) is 10.1 Å². The number of ketones is 1. The van der Waals surface area contributed by atoms with Gasteiger partial charge >= 0.3 is 12.1 Å². The topological polar surface area (TPSA) is 91.0 Å². The van der Waals surface area contributed by atoms with Crippen molar-refractivity contribution < 1.29 is 19.1 Å². The summed E-state index contributed by atoms with van der Waals surface area (Å²) in [6.07, 6.45) is 8.39. The van der Waals surface area contributed by atoms with E-state index in [0.717, 1.165) is 35.5 Å². The average Bonchev–Trinajstić information content (AvgIpc) is 3.39. The fraction of sp³-hybridized carbons (Fsp3) is 0.406. The van der Waals surface area contributed by atoms with Crippen molar-refractivity contribution in [3.05, 3.63) is 87.8 Å². The van der Waals surface area contributed by atoms with Gasteiger partial charge in [0.1, 0.15) is 5.60 Å². The van der Waals surface area contributed by atoms with Crippen molar-refractivity contribution in [3.8, 4) is 0 Å². The highest BCUT2D eigenvalue weighted by Crippen LogP contribution is 2.24. The van der Waals surface area contributed by atoms with Crippen LogP contribution in [0.5, 0.6) is 0 Å². The molecule has 2 N–H and O–H groups in total. The lowest BCUT2D eigenvalue weighted by Gasteiger charge is -2.24. The highest BCUT2D eigenvalue weighted by Gasteiger charge is 2.20. The largest absolute Gasteiger partial charge is 0.444 e. The van der Waals surface area contributed by atoms with Crippen LogP contribution >= 0.6 is 11.3 Å². The number of nitrogens with zero attached hydrogens (tertiary/aromatic N) is 2. The van der Waals surface area contributed by atoms with Gasteiger partial charge in [0.2, 0.25) is 0 Å². The zero-order valence-electron chi connectivity index (χ0n) is 24.9. The van der Waals surface area contributed by atoms with Gasteiger partial charge in [-0.25, -0.2) is 9.59 Å². The molecule has 1 heterocycles. The number of hydrogen-bond donors (Lipinski definition) is 2. The predicted octanol–water partition coefficient (Wildman–Crippen LogP) is 6.85. The first-order valence-corrected chi connectivity index (χ1v) is 14.8. The number of hydrogen-bond acceptors (Lipinski definition) is 6. The normalized spacial score (nSPS) is 15.3. The molecule has 0 saturated heterocycles. The summed E-state index contributed by atoms with van der Waals surface area (Å²) in [5.74, 6) is 0.194. The third-order valence-corrected chi connectivity index (χ3v) is 6.95. The van der Waals surface area contributed by atoms with E-state index >= 15 is 0 Å². The molecule has 1 unspecified atom stereocenters. The Morgan fingerprint density at radius 2 is 1.80 bits per heavy atom. The van der Waals surface area contributed by atoms with Crippen LogP contribution in [0.3, 0.4) is 0 Å². The van der Waals surface area contributed by atoms with Gasteiger partial charge in [-0.2, -0.15) is 11.3 Å². The molecule has 9 heteroatoms. The van der Waals surface area contributed by atoms with Crippen molar-refractivity contribution in [1.29, 1.82) is 0 Å². The number of thiophene rings is 1. The second kappa shape index (κ2) is 14.8. The van der Waals surface area contributed by atoms with Crippen molar-refractivity contribution in [3.63, 3.8) is 0 Å². The van der Waals surface area contributed by atoms with Crippen LogP contribution in [-0.4, -0.2) is 60.5 Å². The van der Waals surface area contributed by atoms with E-state index in [0.29, 0.717) is 31.0 Å². The van der Waals surface area contributed by atoms with Gasteiger partial charge in [0, 0.05) is 36.3 Å². The van der Waals surface area contributed by atoms with Gasteiger partial charge in [0.25, 0.3) is 0 Å². The quantitative estimate of drug-likeness (QED) is 0.225. The Balaban J connectivity index is 1.59. The van der Waals surface area contributed by atoms with Crippen LogP contribution in [0, 0.1) is 5.92 Å². The maximum absolute atomic E-state index is 12.9. The molecule has 2 aromatic rings. The number of carbonyl (C=O) groups is 3. The number of nitrogens with one attached hydrogen (secondary N) is 2. The van der Waals surface area contributed by atoms with Gasteiger partial charge in [0.15, 0.2) is 5.78 Å². The summed E-state index contributed by atoms with van der Waals surface area (Å²) in [5.41, 5.74) is 3.38. The molecule has 3 rings (SSSR count). The van der Waals surface area contributed by atoms with Crippen molar-refractivity contribution >= 4 is 34.9 Å². The number of benzene rings is 1. The number of allylic oxidation sites excluding steroid dienone is 5. The average molecular weight is 579 g/mol. The maximum atomic E-state index is 12.9. The standard InChI is InChI=1S/C32H42N4O4S/c1-23-10-13-25(28(20-23)34-31(39)40-32(2,3)4)8-7-9-29(37)26-14-11-24(12-15-26)21-36(18-17-35(5)6)30(38)33-27-16-19-41-22-27/h7,9,11-16,19-20,22-23H,8,10,17-18,21H2,1-6H3,(H,33,38)(H,34,39)/b9-7+. The van der Waals surface area contributed by atoms with Crippen LogP contribution in [0.25, 0.3) is 0 Å². The van der Waals surface area contributed by atoms with E-state index in [1.165, 1.54) is 11.3 Å². The molecule has 1 aromatic carbocycles. The lowest BCUT2D eigenvalue weighted by atomic mass is 9.93. The van der Waals surface area contributed by atoms with E-state index in [1.54, 1.807) is 23.1 Å². The molecule has 0 aliphatic heterocycles. The smallest absolute Gasteiger partial charge is 0.412 e. The van der Waals surface area contributed by atoms with Crippen molar-refractivity contribution in [1.82, 2.24) is 15.1 Å². The van der Waals surface area contributed by atoms with Gasteiger partial charge in [-0.1, -0.05) is 49.4 Å². The number of amides is 3. The molecule has 1 aromatic heterocycles. The Morgan fingerprint density at radius 3 is 2.44 bits per heavy atom. The zero-order valence-corrected chi connectivity index (χ0v) is 25.7. The maximum Gasteiger partial charge on any atom is 0.412 e. The van der Waals surface area contributed by atoms with Gasteiger partial charge in [-0.05, 0) is 82.3 Å². The first kappa shape index (κ1) is 31.8. The molecule has 1 aliphatic rings. The van der Waals surface area contributed by atoms with E-state index in [4.69, 9.17) is 4.74 Å². The van der Waals surface area contributed by atoms with Crippen molar-refractivity contribution in [2.24, 2.45) is 5.92 Å². The minimum Gasteiger partial charge on any atom is -0.444 e. The molecule has 220 valence electrons. The van der Waals surface area contributed by atoms with E-state index in [9.17, 15) is 14.4 Å². The van der Waals surface area contributed by atoms with E-state index in [1.807, 2.05) is 80.9 Å². The minimum atomic E-state index is -0.586. The number of alkyl carbamates (subject to hydrolysis) is 1. The molecular formula is C32H42N4O4S. The summed E-state index contributed by atoms with van der Waals surface area (Å²) in [5, 5.41) is 9.63. The lowest BCUT2D eigenvalue weighted by Crippen LogP contribution is -2.38. The number of ether oxygens (including phenoxy) is 1. The number of likely N-dealkylation sites (N-methyl/N-ethyl adjacent to an activating group) is 1. The van der Waals surface area contributed by atoms with Crippen LogP contribution in [0.4, 0.5) is 15.3 Å². The van der Waals surface area contributed by atoms with Gasteiger partial charge in [-0.15, -0.1) is 0 Å². The zero-order chi connectivity index (χ0) is 30.0. The summed E-state index contributed by atoms with van der Waals surface area (Å²) in [4.78, 5) is 41.9.